The van der Waals surface area contributed by atoms with Gasteiger partial charge in [0, 0.05) is 42.2 Å². The zero-order chi connectivity index (χ0) is 11.7. The fourth-order valence-corrected chi connectivity index (χ4v) is 3.97. The van der Waals surface area contributed by atoms with Crippen LogP contribution in [0, 0.1) is 0 Å². The van der Waals surface area contributed by atoms with E-state index in [1.54, 1.807) is 5.56 Å². The molecule has 1 fully saturated rings. The Bertz CT molecular complexity index is 390. The highest BCUT2D eigenvalue weighted by Crippen LogP contribution is 2.39. The maximum atomic E-state index is 3.37. The van der Waals surface area contributed by atoms with E-state index in [9.17, 15) is 0 Å². The van der Waals surface area contributed by atoms with E-state index in [1.165, 1.54) is 36.8 Å². The van der Waals surface area contributed by atoms with Gasteiger partial charge in [-0.15, -0.1) is 11.8 Å². The number of rotatable bonds is 4. The number of hydrogen-bond donors (Lipinski definition) is 1. The highest BCUT2D eigenvalue weighted by Gasteiger charge is 2.29. The van der Waals surface area contributed by atoms with Crippen molar-refractivity contribution >= 4 is 11.8 Å². The van der Waals surface area contributed by atoms with Crippen LogP contribution in [0.5, 0.6) is 0 Å². The highest BCUT2D eigenvalue weighted by molar-refractivity contribution is 7.99. The van der Waals surface area contributed by atoms with Crippen LogP contribution in [0.25, 0.3) is 0 Å². The number of fused-ring (bicyclic) bond motifs is 1. The number of nitrogens with one attached hydrogen (secondary N) is 1. The average molecular weight is 248 g/mol. The van der Waals surface area contributed by atoms with E-state index in [0.29, 0.717) is 0 Å². The van der Waals surface area contributed by atoms with Gasteiger partial charge < -0.3 is 5.32 Å². The third-order valence-corrected chi connectivity index (χ3v) is 5.19. The van der Waals surface area contributed by atoms with E-state index in [0.717, 1.165) is 12.0 Å². The summed E-state index contributed by atoms with van der Waals surface area (Å²) in [4.78, 5) is 4.14. The lowest BCUT2D eigenvalue weighted by Crippen LogP contribution is -2.57. The van der Waals surface area contributed by atoms with Crippen LogP contribution in [0.1, 0.15) is 18.4 Å². The molecule has 2 aliphatic rings. The third kappa shape index (κ3) is 2.24. The predicted octanol–water partition coefficient (Wildman–Crippen LogP) is 2.17. The minimum absolute atomic E-state index is 0.733. The Balaban J connectivity index is 1.69. The molecule has 0 aromatic heterocycles. The smallest absolute Gasteiger partial charge is 0.0345 e. The standard InChI is InChI=1S/C14H20N2S/c1-2-16(12-7-15-8-12)9-11-10-17-14-6-4-3-5-13(11)14/h3-6,11-12,15H,2,7-10H2,1H3. The summed E-state index contributed by atoms with van der Waals surface area (Å²) in [5.41, 5.74) is 1.57. The van der Waals surface area contributed by atoms with Crippen molar-refractivity contribution in [3.63, 3.8) is 0 Å². The fourth-order valence-electron chi connectivity index (χ4n) is 2.73. The van der Waals surface area contributed by atoms with Crippen molar-refractivity contribution in [1.29, 1.82) is 0 Å². The molecule has 0 amide bonds. The van der Waals surface area contributed by atoms with Gasteiger partial charge >= 0.3 is 0 Å². The lowest BCUT2D eigenvalue weighted by Gasteiger charge is -2.39. The van der Waals surface area contributed by atoms with Crippen LogP contribution in [-0.4, -0.2) is 42.9 Å². The van der Waals surface area contributed by atoms with Gasteiger partial charge in [-0.1, -0.05) is 25.1 Å². The molecule has 1 aromatic carbocycles. The summed E-state index contributed by atoms with van der Waals surface area (Å²) >= 11 is 2.02. The second-order valence-corrected chi connectivity index (χ2v) is 6.01. The van der Waals surface area contributed by atoms with Gasteiger partial charge in [0.05, 0.1) is 0 Å². The number of benzene rings is 1. The lowest BCUT2D eigenvalue weighted by atomic mass is 9.99. The first-order chi connectivity index (χ1) is 8.38. The van der Waals surface area contributed by atoms with E-state index >= 15 is 0 Å². The Morgan fingerprint density at radius 1 is 1.35 bits per heavy atom. The predicted molar refractivity (Wildman–Crippen MR) is 73.8 cm³/mol. The molecule has 0 aliphatic carbocycles. The molecule has 0 saturated carbocycles. The van der Waals surface area contributed by atoms with Gasteiger partial charge in [-0.3, -0.25) is 4.90 Å². The summed E-state index contributed by atoms with van der Waals surface area (Å²) in [6.45, 7) is 7.04. The fraction of sp³-hybridized carbons (Fsp3) is 0.571. The second-order valence-electron chi connectivity index (χ2n) is 4.95. The van der Waals surface area contributed by atoms with E-state index in [2.05, 4.69) is 41.4 Å². The van der Waals surface area contributed by atoms with Gasteiger partial charge in [0.15, 0.2) is 0 Å². The molecular weight excluding hydrogens is 228 g/mol. The molecular formula is C14H20N2S. The molecule has 3 heteroatoms. The van der Waals surface area contributed by atoms with Gasteiger partial charge in [-0.2, -0.15) is 0 Å². The molecule has 3 rings (SSSR count). The summed E-state index contributed by atoms with van der Waals surface area (Å²) in [6, 6.07) is 9.69. The Morgan fingerprint density at radius 2 is 2.18 bits per heavy atom. The summed E-state index contributed by atoms with van der Waals surface area (Å²) in [5, 5.41) is 3.37. The van der Waals surface area contributed by atoms with Gasteiger partial charge in [0.2, 0.25) is 0 Å². The normalized spacial score (nSPS) is 23.8. The molecule has 1 saturated heterocycles. The maximum Gasteiger partial charge on any atom is 0.0345 e. The molecule has 1 atom stereocenters. The zero-order valence-electron chi connectivity index (χ0n) is 10.4. The first-order valence-electron chi connectivity index (χ1n) is 6.55. The summed E-state index contributed by atoms with van der Waals surface area (Å²) < 4.78 is 0. The Hall–Kier alpha value is -0.510. The lowest BCUT2D eigenvalue weighted by molar-refractivity contribution is 0.147. The highest BCUT2D eigenvalue weighted by atomic mass is 32.2. The summed E-state index contributed by atoms with van der Waals surface area (Å²) in [7, 11) is 0. The second kappa shape index (κ2) is 5.01. The molecule has 0 radical (unpaired) electrons. The number of thioether (sulfide) groups is 1. The number of nitrogens with zero attached hydrogens (tertiary/aromatic N) is 1. The monoisotopic (exact) mass is 248 g/mol. The Kier molecular flexibility index (Phi) is 3.41. The molecule has 2 nitrogen and oxygen atoms in total. The topological polar surface area (TPSA) is 15.3 Å². The van der Waals surface area contributed by atoms with Gasteiger partial charge in [0.25, 0.3) is 0 Å². The van der Waals surface area contributed by atoms with Crippen LogP contribution in [0.2, 0.25) is 0 Å². The SMILES string of the molecule is CCN(CC1CSc2ccccc21)C1CNC1. The summed E-state index contributed by atoms with van der Waals surface area (Å²) in [6.07, 6.45) is 0. The third-order valence-electron chi connectivity index (χ3n) is 3.94. The van der Waals surface area contributed by atoms with Gasteiger partial charge in [0.1, 0.15) is 0 Å². The van der Waals surface area contributed by atoms with Crippen LogP contribution < -0.4 is 5.32 Å². The van der Waals surface area contributed by atoms with Crippen molar-refractivity contribution in [1.82, 2.24) is 10.2 Å². The first kappa shape index (κ1) is 11.6. The molecule has 1 aromatic rings. The van der Waals surface area contributed by atoms with Crippen LogP contribution >= 0.6 is 11.8 Å². The molecule has 0 bridgehead atoms. The van der Waals surface area contributed by atoms with Crippen molar-refractivity contribution < 1.29 is 0 Å². The molecule has 17 heavy (non-hydrogen) atoms. The summed E-state index contributed by atoms with van der Waals surface area (Å²) in [5.74, 6) is 1.99. The van der Waals surface area contributed by atoms with E-state index in [4.69, 9.17) is 0 Å². The Morgan fingerprint density at radius 3 is 2.88 bits per heavy atom. The minimum Gasteiger partial charge on any atom is -0.314 e. The number of hydrogen-bond acceptors (Lipinski definition) is 3. The Labute approximate surface area is 108 Å². The quantitative estimate of drug-likeness (QED) is 0.879. The maximum absolute atomic E-state index is 3.37. The molecule has 2 heterocycles. The number of likely N-dealkylation sites (N-methyl/N-ethyl adjacent to an activating group) is 1. The molecule has 1 unspecified atom stereocenters. The van der Waals surface area contributed by atoms with Crippen molar-refractivity contribution in [2.75, 3.05) is 31.9 Å². The van der Waals surface area contributed by atoms with Crippen molar-refractivity contribution in [3.05, 3.63) is 29.8 Å². The molecule has 0 spiro atoms. The van der Waals surface area contributed by atoms with E-state index in [-0.39, 0.29) is 0 Å². The van der Waals surface area contributed by atoms with Gasteiger partial charge in [-0.25, -0.2) is 0 Å². The zero-order valence-corrected chi connectivity index (χ0v) is 11.2. The minimum atomic E-state index is 0.733. The van der Waals surface area contributed by atoms with Crippen LogP contribution in [-0.2, 0) is 0 Å². The van der Waals surface area contributed by atoms with Crippen molar-refractivity contribution in [2.45, 2.75) is 23.8 Å². The van der Waals surface area contributed by atoms with E-state index < -0.39 is 0 Å². The van der Waals surface area contributed by atoms with Gasteiger partial charge in [-0.05, 0) is 18.2 Å². The van der Waals surface area contributed by atoms with Crippen LogP contribution in [0.15, 0.2) is 29.2 Å². The first-order valence-corrected chi connectivity index (χ1v) is 7.53. The van der Waals surface area contributed by atoms with Crippen molar-refractivity contribution in [2.24, 2.45) is 0 Å². The average Bonchev–Trinajstić information content (AvgIpc) is 2.69. The van der Waals surface area contributed by atoms with Crippen LogP contribution in [0.3, 0.4) is 0 Å². The van der Waals surface area contributed by atoms with Crippen molar-refractivity contribution in [3.8, 4) is 0 Å². The van der Waals surface area contributed by atoms with E-state index in [1.807, 2.05) is 11.8 Å². The van der Waals surface area contributed by atoms with Crippen LogP contribution in [0.4, 0.5) is 0 Å². The largest absolute Gasteiger partial charge is 0.314 e. The molecule has 92 valence electrons. The molecule has 2 aliphatic heterocycles. The molecule has 1 N–H and O–H groups in total.